The Morgan fingerprint density at radius 3 is 2.38 bits per heavy atom. The van der Waals surface area contributed by atoms with E-state index in [2.05, 4.69) is 10.9 Å². The molecule has 0 spiro atoms. The van der Waals surface area contributed by atoms with E-state index < -0.39 is 11.8 Å². The first-order valence-electron chi connectivity index (χ1n) is 5.74. The van der Waals surface area contributed by atoms with Crippen LogP contribution in [0.25, 0.3) is 0 Å². The lowest BCUT2D eigenvalue weighted by atomic mass is 10.1. The monoisotopic (exact) mass is 346 g/mol. The number of hydrogen-bond acceptors (Lipinski definition) is 3. The van der Waals surface area contributed by atoms with Crippen molar-refractivity contribution in [3.63, 3.8) is 0 Å². The number of hydrogen-bond donors (Lipinski definition) is 2. The summed E-state index contributed by atoms with van der Waals surface area (Å²) in [5, 5.41) is 0. The van der Waals surface area contributed by atoms with Gasteiger partial charge in [0.1, 0.15) is 10.2 Å². The lowest BCUT2D eigenvalue weighted by molar-refractivity contribution is -0.121. The minimum absolute atomic E-state index is 0.0126. The van der Waals surface area contributed by atoms with Crippen molar-refractivity contribution in [3.05, 3.63) is 55.9 Å². The third-order valence-electron chi connectivity index (χ3n) is 2.49. The van der Waals surface area contributed by atoms with Crippen LogP contribution in [0.3, 0.4) is 0 Å². The van der Waals surface area contributed by atoms with Crippen LogP contribution < -0.4 is 10.9 Å². The molecule has 0 unspecified atom stereocenters. The number of carbonyl (C=O) groups is 2. The van der Waals surface area contributed by atoms with Gasteiger partial charge in [-0.05, 0) is 23.8 Å². The zero-order valence-electron chi connectivity index (χ0n) is 10.5. The fraction of sp³-hybridized carbons (Fsp3) is 0.0769. The van der Waals surface area contributed by atoms with Crippen LogP contribution in [0.4, 0.5) is 4.39 Å². The molecule has 2 rings (SSSR count). The Morgan fingerprint density at radius 2 is 1.81 bits per heavy atom. The highest BCUT2D eigenvalue weighted by molar-refractivity contribution is 7.20. The highest BCUT2D eigenvalue weighted by Gasteiger charge is 2.14. The van der Waals surface area contributed by atoms with Crippen LogP contribution >= 0.6 is 34.5 Å². The summed E-state index contributed by atoms with van der Waals surface area (Å²) in [6.07, 6.45) is 0.0126. The molecule has 0 radical (unpaired) electrons. The molecule has 4 nitrogen and oxygen atoms in total. The van der Waals surface area contributed by atoms with E-state index in [9.17, 15) is 14.0 Å². The molecule has 21 heavy (non-hydrogen) atoms. The molecule has 2 amide bonds. The first-order chi connectivity index (χ1) is 9.95. The van der Waals surface area contributed by atoms with E-state index >= 15 is 0 Å². The Bertz CT molecular complexity index is 673. The maximum Gasteiger partial charge on any atom is 0.272 e. The van der Waals surface area contributed by atoms with Crippen molar-refractivity contribution in [1.29, 1.82) is 0 Å². The molecule has 0 fully saturated rings. The Kier molecular flexibility index (Phi) is 5.17. The van der Waals surface area contributed by atoms with Crippen molar-refractivity contribution in [1.82, 2.24) is 10.9 Å². The zero-order valence-corrected chi connectivity index (χ0v) is 12.8. The van der Waals surface area contributed by atoms with E-state index in [0.717, 1.165) is 11.3 Å². The highest BCUT2D eigenvalue weighted by Crippen LogP contribution is 2.30. The summed E-state index contributed by atoms with van der Waals surface area (Å²) in [6.45, 7) is 0. The summed E-state index contributed by atoms with van der Waals surface area (Å²) >= 11 is 12.6. The van der Waals surface area contributed by atoms with E-state index in [0.29, 0.717) is 9.90 Å². The molecule has 8 heteroatoms. The van der Waals surface area contributed by atoms with Gasteiger partial charge < -0.3 is 0 Å². The number of rotatable bonds is 3. The van der Waals surface area contributed by atoms with E-state index in [1.807, 2.05) is 0 Å². The maximum atomic E-state index is 12.7. The van der Waals surface area contributed by atoms with Gasteiger partial charge in [-0.3, -0.25) is 20.4 Å². The van der Waals surface area contributed by atoms with Gasteiger partial charge in [0.15, 0.2) is 0 Å². The minimum atomic E-state index is -0.560. The molecule has 1 heterocycles. The smallest absolute Gasteiger partial charge is 0.272 e. The van der Waals surface area contributed by atoms with Gasteiger partial charge in [0.05, 0.1) is 16.3 Å². The van der Waals surface area contributed by atoms with E-state index in [1.165, 1.54) is 30.3 Å². The predicted molar refractivity (Wildman–Crippen MR) is 80.1 cm³/mol. The summed E-state index contributed by atoms with van der Waals surface area (Å²) in [4.78, 5) is 23.4. The average molecular weight is 347 g/mol. The molecule has 110 valence electrons. The summed E-state index contributed by atoms with van der Waals surface area (Å²) in [5.74, 6) is -1.38. The third-order valence-corrected chi connectivity index (χ3v) is 3.98. The second kappa shape index (κ2) is 6.89. The van der Waals surface area contributed by atoms with Crippen LogP contribution in [-0.4, -0.2) is 11.8 Å². The maximum absolute atomic E-state index is 12.7. The second-order valence-electron chi connectivity index (χ2n) is 4.04. The van der Waals surface area contributed by atoms with Crippen LogP contribution in [0.2, 0.25) is 8.67 Å². The average Bonchev–Trinajstić information content (AvgIpc) is 2.78. The molecule has 2 aromatic rings. The van der Waals surface area contributed by atoms with Crippen LogP contribution in [-0.2, 0) is 11.2 Å². The summed E-state index contributed by atoms with van der Waals surface area (Å²) in [6, 6.07) is 6.91. The Hall–Kier alpha value is -1.63. The number of hydrazine groups is 1. The van der Waals surface area contributed by atoms with Gasteiger partial charge >= 0.3 is 0 Å². The molecule has 0 aliphatic heterocycles. The number of halogens is 3. The summed E-state index contributed by atoms with van der Waals surface area (Å²) in [5.41, 5.74) is 5.30. The first-order valence-corrected chi connectivity index (χ1v) is 7.31. The SMILES string of the molecule is O=C(Cc1ccc(F)cc1)NNC(=O)c1cc(Cl)sc1Cl. The first kappa shape index (κ1) is 15.8. The van der Waals surface area contributed by atoms with Crippen LogP contribution in [0.15, 0.2) is 30.3 Å². The lowest BCUT2D eigenvalue weighted by Crippen LogP contribution is -2.42. The summed E-state index contributed by atoms with van der Waals surface area (Å²) in [7, 11) is 0. The standard InChI is InChI=1S/C13H9Cl2FN2O2S/c14-10-6-9(12(15)21-10)13(20)18-17-11(19)5-7-1-3-8(16)4-2-7/h1-4,6H,5H2,(H,17,19)(H,18,20). The van der Waals surface area contributed by atoms with Gasteiger partial charge in [0, 0.05) is 0 Å². The Balaban J connectivity index is 1.88. The third kappa shape index (κ3) is 4.42. The molecule has 0 saturated carbocycles. The van der Waals surface area contributed by atoms with Crippen molar-refractivity contribution in [2.75, 3.05) is 0 Å². The van der Waals surface area contributed by atoms with Gasteiger partial charge in [-0.25, -0.2) is 4.39 Å². The zero-order chi connectivity index (χ0) is 15.4. The van der Waals surface area contributed by atoms with E-state index in [-0.39, 0.29) is 22.1 Å². The number of thiophene rings is 1. The highest BCUT2D eigenvalue weighted by atomic mass is 35.5. The number of carbonyl (C=O) groups excluding carboxylic acids is 2. The molecular formula is C13H9Cl2FN2O2S. The largest absolute Gasteiger partial charge is 0.273 e. The molecule has 1 aromatic carbocycles. The van der Waals surface area contributed by atoms with Crippen molar-refractivity contribution >= 4 is 46.4 Å². The van der Waals surface area contributed by atoms with Gasteiger partial charge in [-0.1, -0.05) is 35.3 Å². The van der Waals surface area contributed by atoms with Crippen LogP contribution in [0.1, 0.15) is 15.9 Å². The number of benzene rings is 1. The van der Waals surface area contributed by atoms with Crippen molar-refractivity contribution in [3.8, 4) is 0 Å². The van der Waals surface area contributed by atoms with Crippen molar-refractivity contribution < 1.29 is 14.0 Å². The molecule has 0 atom stereocenters. The van der Waals surface area contributed by atoms with Crippen LogP contribution in [0, 0.1) is 5.82 Å². The molecule has 0 aliphatic carbocycles. The molecular weight excluding hydrogens is 338 g/mol. The number of nitrogens with one attached hydrogen (secondary N) is 2. The molecule has 1 aromatic heterocycles. The fourth-order valence-electron chi connectivity index (χ4n) is 1.52. The van der Waals surface area contributed by atoms with Gasteiger partial charge in [-0.15, -0.1) is 11.3 Å². The Morgan fingerprint density at radius 1 is 1.14 bits per heavy atom. The molecule has 0 saturated heterocycles. The van der Waals surface area contributed by atoms with Gasteiger partial charge in [0.25, 0.3) is 5.91 Å². The van der Waals surface area contributed by atoms with E-state index in [1.54, 1.807) is 0 Å². The Labute approximate surface area is 133 Å². The van der Waals surface area contributed by atoms with Crippen molar-refractivity contribution in [2.45, 2.75) is 6.42 Å². The topological polar surface area (TPSA) is 58.2 Å². The minimum Gasteiger partial charge on any atom is -0.273 e. The molecule has 0 bridgehead atoms. The predicted octanol–water partition coefficient (Wildman–Crippen LogP) is 3.20. The normalized spacial score (nSPS) is 10.2. The second-order valence-corrected chi connectivity index (χ2v) is 6.33. The number of amides is 2. The van der Waals surface area contributed by atoms with Crippen molar-refractivity contribution in [2.24, 2.45) is 0 Å². The van der Waals surface area contributed by atoms with E-state index in [4.69, 9.17) is 23.2 Å². The molecule has 0 aliphatic rings. The van der Waals surface area contributed by atoms with Crippen LogP contribution in [0.5, 0.6) is 0 Å². The van der Waals surface area contributed by atoms with Gasteiger partial charge in [-0.2, -0.15) is 0 Å². The lowest BCUT2D eigenvalue weighted by Gasteiger charge is -2.06. The molecule has 2 N–H and O–H groups in total. The fourth-order valence-corrected chi connectivity index (χ4v) is 2.98. The quantitative estimate of drug-likeness (QED) is 0.838. The summed E-state index contributed by atoms with van der Waals surface area (Å²) < 4.78 is 13.3. The van der Waals surface area contributed by atoms with Gasteiger partial charge in [0.2, 0.25) is 5.91 Å².